The Morgan fingerprint density at radius 2 is 1.67 bits per heavy atom. The van der Waals surface area contributed by atoms with Gasteiger partial charge in [-0.05, 0) is 60.7 Å². The lowest BCUT2D eigenvalue weighted by Gasteiger charge is -2.10. The minimum Gasteiger partial charge on any atom is -0.457 e. The van der Waals surface area contributed by atoms with Crippen LogP contribution in [-0.4, -0.2) is 15.7 Å². The fraction of sp³-hybridized carbons (Fsp3) is 0.0435. The van der Waals surface area contributed by atoms with Crippen molar-refractivity contribution in [3.63, 3.8) is 0 Å². The molecule has 0 aliphatic rings. The van der Waals surface area contributed by atoms with Crippen molar-refractivity contribution in [2.75, 3.05) is 5.32 Å². The van der Waals surface area contributed by atoms with Gasteiger partial charge in [-0.3, -0.25) is 14.3 Å². The minimum absolute atomic E-state index is 0.0235. The lowest BCUT2D eigenvalue weighted by atomic mass is 10.2. The van der Waals surface area contributed by atoms with Gasteiger partial charge in [-0.1, -0.05) is 12.1 Å². The SMILES string of the molecule is N#Cc1ccc(Oc2ccc(NC(=O)Cn3ncc(=O)c4ccccc43)cc2)cc1. The number of carbonyl (C=O) groups excluding carboxylic acids is 1. The number of nitriles is 1. The zero-order valence-corrected chi connectivity index (χ0v) is 15.8. The molecule has 30 heavy (non-hydrogen) atoms. The second kappa shape index (κ2) is 8.29. The summed E-state index contributed by atoms with van der Waals surface area (Å²) < 4.78 is 7.22. The summed E-state index contributed by atoms with van der Waals surface area (Å²) in [7, 11) is 0. The summed E-state index contributed by atoms with van der Waals surface area (Å²) in [5, 5.41) is 16.2. The van der Waals surface area contributed by atoms with Gasteiger partial charge in [0.05, 0.1) is 23.3 Å². The van der Waals surface area contributed by atoms with Crippen LogP contribution >= 0.6 is 0 Å². The number of rotatable bonds is 5. The predicted octanol–water partition coefficient (Wildman–Crippen LogP) is 3.70. The Bertz CT molecular complexity index is 1300. The zero-order valence-electron chi connectivity index (χ0n) is 15.8. The fourth-order valence-electron chi connectivity index (χ4n) is 2.96. The highest BCUT2D eigenvalue weighted by Crippen LogP contribution is 2.23. The molecule has 1 N–H and O–H groups in total. The quantitative estimate of drug-likeness (QED) is 0.555. The smallest absolute Gasteiger partial charge is 0.246 e. The third kappa shape index (κ3) is 4.18. The molecule has 7 nitrogen and oxygen atoms in total. The number of para-hydroxylation sites is 1. The average molecular weight is 396 g/mol. The monoisotopic (exact) mass is 396 g/mol. The molecule has 0 radical (unpaired) electrons. The lowest BCUT2D eigenvalue weighted by Crippen LogP contribution is -2.22. The molecule has 0 unspecified atom stereocenters. The van der Waals surface area contributed by atoms with Gasteiger partial charge in [-0.15, -0.1) is 0 Å². The Balaban J connectivity index is 1.42. The molecular formula is C23H16N4O3. The number of hydrogen-bond donors (Lipinski definition) is 1. The van der Waals surface area contributed by atoms with Gasteiger partial charge >= 0.3 is 0 Å². The summed E-state index contributed by atoms with van der Waals surface area (Å²) in [5.74, 6) is 0.949. The van der Waals surface area contributed by atoms with Crippen molar-refractivity contribution in [3.05, 3.63) is 94.8 Å². The molecule has 0 fully saturated rings. The van der Waals surface area contributed by atoms with Crippen molar-refractivity contribution in [2.24, 2.45) is 0 Å². The van der Waals surface area contributed by atoms with E-state index in [0.29, 0.717) is 33.7 Å². The molecule has 0 bridgehead atoms. The first-order chi connectivity index (χ1) is 14.6. The first-order valence-electron chi connectivity index (χ1n) is 9.15. The van der Waals surface area contributed by atoms with Crippen molar-refractivity contribution in [2.45, 2.75) is 6.54 Å². The van der Waals surface area contributed by atoms with E-state index < -0.39 is 0 Å². The van der Waals surface area contributed by atoms with Crippen LogP contribution in [0.5, 0.6) is 11.5 Å². The van der Waals surface area contributed by atoms with Crippen LogP contribution in [0, 0.1) is 11.3 Å². The van der Waals surface area contributed by atoms with Crippen LogP contribution in [0.4, 0.5) is 5.69 Å². The highest BCUT2D eigenvalue weighted by Gasteiger charge is 2.09. The Labute approximate surface area is 171 Å². The minimum atomic E-state index is -0.267. The summed E-state index contributed by atoms with van der Waals surface area (Å²) in [5.41, 5.74) is 1.59. The Hall–Kier alpha value is -4.44. The predicted molar refractivity (Wildman–Crippen MR) is 112 cm³/mol. The topological polar surface area (TPSA) is 97.0 Å². The summed E-state index contributed by atoms with van der Waals surface area (Å²) in [4.78, 5) is 24.3. The number of fused-ring (bicyclic) bond motifs is 1. The molecule has 7 heteroatoms. The van der Waals surface area contributed by atoms with Gasteiger partial charge in [-0.25, -0.2) is 0 Å². The van der Waals surface area contributed by atoms with Crippen LogP contribution in [0.2, 0.25) is 0 Å². The molecule has 1 aromatic heterocycles. The molecule has 0 saturated heterocycles. The van der Waals surface area contributed by atoms with E-state index in [0.717, 1.165) is 0 Å². The number of aromatic nitrogens is 2. The molecule has 146 valence electrons. The molecule has 0 aliphatic carbocycles. The first-order valence-corrected chi connectivity index (χ1v) is 9.15. The number of anilines is 1. The normalized spacial score (nSPS) is 10.4. The number of nitrogens with one attached hydrogen (secondary N) is 1. The molecule has 1 heterocycles. The molecule has 0 saturated carbocycles. The van der Waals surface area contributed by atoms with Crippen LogP contribution in [0.1, 0.15) is 5.56 Å². The van der Waals surface area contributed by atoms with E-state index in [2.05, 4.69) is 16.5 Å². The van der Waals surface area contributed by atoms with E-state index in [-0.39, 0.29) is 17.9 Å². The number of benzene rings is 3. The second-order valence-corrected chi connectivity index (χ2v) is 6.49. The largest absolute Gasteiger partial charge is 0.457 e. The van der Waals surface area contributed by atoms with Gasteiger partial charge in [0.25, 0.3) is 0 Å². The van der Waals surface area contributed by atoms with Gasteiger partial charge in [0, 0.05) is 11.1 Å². The highest BCUT2D eigenvalue weighted by molar-refractivity contribution is 5.91. The van der Waals surface area contributed by atoms with E-state index in [1.165, 1.54) is 10.9 Å². The number of amides is 1. The molecule has 3 aromatic carbocycles. The van der Waals surface area contributed by atoms with E-state index >= 15 is 0 Å². The summed E-state index contributed by atoms with van der Waals surface area (Å²) in [6, 6.07) is 22.8. The van der Waals surface area contributed by atoms with Crippen LogP contribution in [-0.2, 0) is 11.3 Å². The maximum atomic E-state index is 12.4. The fourth-order valence-corrected chi connectivity index (χ4v) is 2.96. The second-order valence-electron chi connectivity index (χ2n) is 6.49. The molecule has 4 rings (SSSR count). The molecule has 4 aromatic rings. The van der Waals surface area contributed by atoms with Crippen molar-refractivity contribution in [3.8, 4) is 17.6 Å². The highest BCUT2D eigenvalue weighted by atomic mass is 16.5. The number of ether oxygens (including phenoxy) is 1. The van der Waals surface area contributed by atoms with Crippen LogP contribution in [0.15, 0.2) is 83.8 Å². The zero-order chi connectivity index (χ0) is 20.9. The van der Waals surface area contributed by atoms with E-state index in [1.54, 1.807) is 72.8 Å². The van der Waals surface area contributed by atoms with Crippen molar-refractivity contribution < 1.29 is 9.53 Å². The third-order valence-electron chi connectivity index (χ3n) is 4.41. The van der Waals surface area contributed by atoms with Crippen molar-refractivity contribution in [1.29, 1.82) is 5.26 Å². The van der Waals surface area contributed by atoms with Crippen LogP contribution < -0.4 is 15.5 Å². The first kappa shape index (κ1) is 18.9. The number of carbonyl (C=O) groups is 1. The number of hydrogen-bond acceptors (Lipinski definition) is 5. The Morgan fingerprint density at radius 1 is 1.00 bits per heavy atom. The average Bonchev–Trinajstić information content (AvgIpc) is 2.78. The lowest BCUT2D eigenvalue weighted by molar-refractivity contribution is -0.116. The Morgan fingerprint density at radius 3 is 2.37 bits per heavy atom. The Kier molecular flexibility index (Phi) is 5.22. The maximum Gasteiger partial charge on any atom is 0.246 e. The van der Waals surface area contributed by atoms with Crippen LogP contribution in [0.25, 0.3) is 10.9 Å². The molecular weight excluding hydrogens is 380 g/mol. The van der Waals surface area contributed by atoms with E-state index in [9.17, 15) is 9.59 Å². The number of nitrogens with zero attached hydrogens (tertiary/aromatic N) is 3. The molecule has 0 atom stereocenters. The van der Waals surface area contributed by atoms with Crippen LogP contribution in [0.3, 0.4) is 0 Å². The molecule has 0 spiro atoms. The molecule has 0 aliphatic heterocycles. The van der Waals surface area contributed by atoms with Gasteiger partial charge in [0.15, 0.2) is 0 Å². The summed E-state index contributed by atoms with van der Waals surface area (Å²) >= 11 is 0. The third-order valence-corrected chi connectivity index (χ3v) is 4.41. The summed E-state index contributed by atoms with van der Waals surface area (Å²) in [6.07, 6.45) is 1.21. The van der Waals surface area contributed by atoms with E-state index in [1.807, 2.05) is 0 Å². The van der Waals surface area contributed by atoms with E-state index in [4.69, 9.17) is 10.00 Å². The summed E-state index contributed by atoms with van der Waals surface area (Å²) in [6.45, 7) is -0.0235. The molecule has 1 amide bonds. The van der Waals surface area contributed by atoms with Gasteiger partial charge in [0.1, 0.15) is 18.0 Å². The van der Waals surface area contributed by atoms with Crippen molar-refractivity contribution >= 4 is 22.5 Å². The van der Waals surface area contributed by atoms with Gasteiger partial charge < -0.3 is 10.1 Å². The maximum absolute atomic E-state index is 12.4. The van der Waals surface area contributed by atoms with Crippen molar-refractivity contribution in [1.82, 2.24) is 9.78 Å². The standard InChI is InChI=1S/C23H16N4O3/c24-13-16-5-9-18(10-6-16)30-19-11-7-17(8-12-19)26-23(29)15-27-21-4-2-1-3-20(21)22(28)14-25-27/h1-12,14H,15H2,(H,26,29). The van der Waals surface area contributed by atoms with Gasteiger partial charge in [0.2, 0.25) is 11.3 Å². The van der Waals surface area contributed by atoms with Gasteiger partial charge in [-0.2, -0.15) is 10.4 Å².